The molecular weight excluding hydrogens is 1080 g/mol. The predicted octanol–water partition coefficient (Wildman–Crippen LogP) is 21.1. The molecule has 1 aliphatic heterocycles. The molecule has 0 spiro atoms. The van der Waals surface area contributed by atoms with Gasteiger partial charge in [-0.3, -0.25) is 0 Å². The summed E-state index contributed by atoms with van der Waals surface area (Å²) in [6.45, 7) is 51.2. The van der Waals surface area contributed by atoms with Gasteiger partial charge in [0.15, 0.2) is 0 Å². The van der Waals surface area contributed by atoms with Crippen molar-refractivity contribution < 1.29 is 20.8 Å². The summed E-state index contributed by atoms with van der Waals surface area (Å²) in [4.78, 5) is 0. The van der Waals surface area contributed by atoms with E-state index in [1.54, 1.807) is 0 Å². The van der Waals surface area contributed by atoms with Crippen molar-refractivity contribution in [1.82, 2.24) is 0 Å². The number of fused-ring (bicyclic) bond motifs is 5. The fourth-order valence-corrected chi connectivity index (χ4v) is 12.1. The molecule has 2 radical (unpaired) electrons. The van der Waals surface area contributed by atoms with Crippen LogP contribution >= 0.6 is 17.0 Å². The average molecular weight is 1170 g/mol. The second-order valence-electron chi connectivity index (χ2n) is 29.2. The molecule has 0 aromatic heterocycles. The molecule has 0 N–H and O–H groups in total. The fourth-order valence-electron chi connectivity index (χ4n) is 10.7. The molecule has 1 heterocycles. The number of rotatable bonds is 6. The van der Waals surface area contributed by atoms with Crippen LogP contribution in [0.15, 0.2) is 127 Å². The van der Waals surface area contributed by atoms with E-state index in [2.05, 4.69) is 280 Å². The molecule has 0 unspecified atom stereocenters. The van der Waals surface area contributed by atoms with Crippen molar-refractivity contribution >= 4 is 58.5 Å². The first kappa shape index (κ1) is 63.4. The van der Waals surface area contributed by atoms with E-state index in [1.165, 1.54) is 110 Å². The monoisotopic (exact) mass is 1170 g/mol. The van der Waals surface area contributed by atoms with Crippen LogP contribution in [-0.2, 0) is 66.2 Å². The van der Waals surface area contributed by atoms with Gasteiger partial charge >= 0.3 is 37.9 Å². The quantitative estimate of drug-likeness (QED) is 0.115. The van der Waals surface area contributed by atoms with Crippen molar-refractivity contribution in [1.29, 1.82) is 0 Å². The van der Waals surface area contributed by atoms with Gasteiger partial charge in [0, 0.05) is 0 Å². The van der Waals surface area contributed by atoms with Crippen molar-refractivity contribution in [2.45, 2.75) is 198 Å². The van der Waals surface area contributed by atoms with Gasteiger partial charge in [-0.15, -0.1) is 74.6 Å². The average Bonchev–Trinajstić information content (AvgIpc) is 4.04. The molecule has 0 saturated carbocycles. The van der Waals surface area contributed by atoms with Gasteiger partial charge in [-0.05, 0) is 90.5 Å². The molecule has 414 valence electrons. The molecule has 8 aromatic rings. The van der Waals surface area contributed by atoms with E-state index < -0.39 is 20.8 Å². The molecule has 78 heavy (non-hydrogen) atoms. The largest absolute Gasteiger partial charge is 0.184 e. The normalized spacial score (nSPS) is 12.9. The maximum absolute atomic E-state index is 4.93. The molecule has 1 aliphatic rings. The summed E-state index contributed by atoms with van der Waals surface area (Å²) in [5.41, 5.74) is 20.4. The van der Waals surface area contributed by atoms with Crippen LogP contribution in [0, 0.1) is 17.9 Å². The maximum atomic E-state index is 4.93. The Morgan fingerprint density at radius 1 is 0.449 bits per heavy atom. The van der Waals surface area contributed by atoms with Crippen LogP contribution in [0.3, 0.4) is 0 Å². The van der Waals surface area contributed by atoms with E-state index in [0.29, 0.717) is 11.8 Å². The second-order valence-corrected chi connectivity index (χ2v) is 34.2. The molecule has 0 nitrogen and oxygen atoms in total. The second kappa shape index (κ2) is 24.7. The smallest absolute Gasteiger partial charge is 0.0920 e. The van der Waals surface area contributed by atoms with Crippen molar-refractivity contribution in [2.75, 3.05) is 0 Å². The van der Waals surface area contributed by atoms with Gasteiger partial charge in [0.1, 0.15) is 0 Å². The summed E-state index contributed by atoms with van der Waals surface area (Å²) in [5.74, 6) is 1.33. The van der Waals surface area contributed by atoms with Crippen LogP contribution in [0.1, 0.15) is 197 Å². The third-order valence-electron chi connectivity index (χ3n) is 15.0. The molecule has 0 atom stereocenters. The minimum absolute atomic E-state index is 0.0820. The number of hydrogen-bond donors (Lipinski definition) is 0. The van der Waals surface area contributed by atoms with E-state index in [9.17, 15) is 0 Å². The van der Waals surface area contributed by atoms with Gasteiger partial charge in [0.2, 0.25) is 0 Å². The first-order chi connectivity index (χ1) is 36.0. The number of halogens is 2. The fraction of sp³-hybridized carbons (Fsp3) is 0.432. The Bertz CT molecular complexity index is 3030. The molecule has 0 amide bonds. The molecule has 0 fully saturated rings. The molecule has 9 rings (SSSR count). The summed E-state index contributed by atoms with van der Waals surface area (Å²) >= 11 is -0.826. The summed E-state index contributed by atoms with van der Waals surface area (Å²) in [6.07, 6.45) is 2.27. The number of hydrogen-bond acceptors (Lipinski definition) is 0. The SMILES string of the molecule is CC(C)Cc1cc2c(-c3cc(C(C)(C)C)cc(C(C)(C)C)c3)c(C(C)(C)C)ccc2[cH-]1.CC(C)Cc1cc2c(-c3cc(C(C)(C)C)cc(C(C)(C)C)c3)c(C(C)(C)C)ccc2[cH-]1.[Cl][Zr][Cl].[c-]1cccc2c1[Si]c1ccccc1-2. The van der Waals surface area contributed by atoms with Gasteiger partial charge in [-0.2, -0.15) is 41.6 Å². The van der Waals surface area contributed by atoms with Gasteiger partial charge < -0.3 is 0 Å². The van der Waals surface area contributed by atoms with Crippen LogP contribution in [0.4, 0.5) is 0 Å². The molecular formula is C74H93Cl2SiZr-3. The Labute approximate surface area is 496 Å². The van der Waals surface area contributed by atoms with E-state index >= 15 is 0 Å². The summed E-state index contributed by atoms with van der Waals surface area (Å²) in [6, 6.07) is 52.0. The molecule has 0 saturated heterocycles. The minimum Gasteiger partial charge on any atom is -0.184 e. The maximum Gasteiger partial charge on any atom is 0.0920 e. The predicted molar refractivity (Wildman–Crippen MR) is 347 cm³/mol. The third-order valence-corrected chi connectivity index (χ3v) is 16.4. The van der Waals surface area contributed by atoms with Crippen molar-refractivity contribution in [3.63, 3.8) is 0 Å². The Morgan fingerprint density at radius 3 is 1.15 bits per heavy atom. The topological polar surface area (TPSA) is 0 Å². The van der Waals surface area contributed by atoms with Gasteiger partial charge in [-0.1, -0.05) is 246 Å². The van der Waals surface area contributed by atoms with E-state index in [0.717, 1.165) is 22.4 Å². The minimum atomic E-state index is -0.826. The Hall–Kier alpha value is -3.78. The van der Waals surface area contributed by atoms with Crippen LogP contribution < -0.4 is 10.4 Å². The molecule has 8 aromatic carbocycles. The van der Waals surface area contributed by atoms with Crippen LogP contribution in [0.2, 0.25) is 0 Å². The third kappa shape index (κ3) is 15.8. The van der Waals surface area contributed by atoms with E-state index in [-0.39, 0.29) is 32.5 Å². The zero-order chi connectivity index (χ0) is 58.1. The standard InChI is InChI=1S/2C31H43.C12H7Si.2ClH.Zr/c2*1-20(2)14-21-15-22-12-13-27(31(9,10)11)28(26(22)16-21)23-17-24(29(3,4)5)19-25(18-23)30(6,7)8;1-3-7-11-9(5-1)10-6-2-4-8-12(10)13-11;;;/h2*12-13,15-20H,14H2,1-11H3;1-7H;2*1H;/q3*-1;;;+2/p-2. The van der Waals surface area contributed by atoms with E-state index in [4.69, 9.17) is 17.0 Å². The summed E-state index contributed by atoms with van der Waals surface area (Å²) in [7, 11) is 10.7. The van der Waals surface area contributed by atoms with Crippen molar-refractivity contribution in [3.05, 3.63) is 178 Å². The summed E-state index contributed by atoms with van der Waals surface area (Å²) in [5, 5.41) is 8.39. The van der Waals surface area contributed by atoms with E-state index in [1.807, 2.05) is 6.07 Å². The zero-order valence-electron chi connectivity index (χ0n) is 51.9. The molecule has 0 aliphatic carbocycles. The first-order valence-electron chi connectivity index (χ1n) is 28.6. The van der Waals surface area contributed by atoms with Gasteiger partial charge in [0.05, 0.1) is 9.52 Å². The zero-order valence-corrected chi connectivity index (χ0v) is 56.9. The van der Waals surface area contributed by atoms with Crippen molar-refractivity contribution in [3.8, 4) is 33.4 Å². The Balaban J connectivity index is 0.000000197. The first-order valence-corrected chi connectivity index (χ1v) is 36.0. The van der Waals surface area contributed by atoms with Crippen molar-refractivity contribution in [2.24, 2.45) is 11.8 Å². The van der Waals surface area contributed by atoms with Gasteiger partial charge in [-0.25, -0.2) is 0 Å². The Kier molecular flexibility index (Phi) is 20.1. The molecule has 4 heteroatoms. The summed E-state index contributed by atoms with van der Waals surface area (Å²) < 4.78 is 0. The Morgan fingerprint density at radius 2 is 0.808 bits per heavy atom. The number of benzene rings is 6. The van der Waals surface area contributed by atoms with Crippen LogP contribution in [-0.4, -0.2) is 9.52 Å². The van der Waals surface area contributed by atoms with Gasteiger partial charge in [0.25, 0.3) is 0 Å². The van der Waals surface area contributed by atoms with Crippen LogP contribution in [0.5, 0.6) is 0 Å². The molecule has 0 bridgehead atoms. The van der Waals surface area contributed by atoms with Crippen LogP contribution in [0.25, 0.3) is 54.9 Å².